The predicted molar refractivity (Wildman–Crippen MR) is 118 cm³/mol. The average Bonchev–Trinajstić information content (AvgIpc) is 3.40. The van der Waals surface area contributed by atoms with Gasteiger partial charge in [0.25, 0.3) is 0 Å². The monoisotopic (exact) mass is 466 g/mol. The van der Waals surface area contributed by atoms with Crippen LogP contribution in [0, 0.1) is 11.8 Å². The minimum Gasteiger partial charge on any atom is -0.477 e. The van der Waals surface area contributed by atoms with Crippen LogP contribution in [0.15, 0.2) is 15.6 Å². The minimum absolute atomic E-state index is 0.00136. The summed E-state index contributed by atoms with van der Waals surface area (Å²) >= 11 is 1.43. The van der Waals surface area contributed by atoms with Gasteiger partial charge in [0.2, 0.25) is 11.8 Å². The van der Waals surface area contributed by atoms with Gasteiger partial charge < -0.3 is 36.8 Å². The smallest absolute Gasteiger partial charge is 0.353 e. The van der Waals surface area contributed by atoms with Gasteiger partial charge in [0.1, 0.15) is 5.70 Å². The molecule has 176 valence electrons. The molecule has 4 aliphatic rings. The molecular weight excluding hydrogens is 436 g/mol. The predicted octanol–water partition coefficient (Wildman–Crippen LogP) is -1.52. The van der Waals surface area contributed by atoms with E-state index in [0.29, 0.717) is 31.0 Å². The zero-order chi connectivity index (χ0) is 23.3. The van der Waals surface area contributed by atoms with Crippen LogP contribution < -0.4 is 16.8 Å². The Kier molecular flexibility index (Phi) is 6.12. The van der Waals surface area contributed by atoms with Crippen molar-refractivity contribution in [2.24, 2.45) is 28.3 Å². The number of aliphatic carboxylic acids is 1. The molecule has 2 amide bonds. The topological polar surface area (TPSA) is 175 Å². The number of aliphatic imine (C=N–C) groups is 1. The third-order valence-electron chi connectivity index (χ3n) is 6.80. The molecule has 0 spiro atoms. The Morgan fingerprint density at radius 1 is 1.34 bits per heavy atom. The van der Waals surface area contributed by atoms with E-state index < -0.39 is 18.0 Å². The molecule has 7 atom stereocenters. The van der Waals surface area contributed by atoms with Crippen LogP contribution in [0.25, 0.3) is 0 Å². The van der Waals surface area contributed by atoms with Crippen molar-refractivity contribution in [1.29, 1.82) is 0 Å². The number of guanidine groups is 1. The molecule has 4 heterocycles. The number of carbonyl (C=O) groups is 3. The van der Waals surface area contributed by atoms with Crippen LogP contribution in [0.1, 0.15) is 26.7 Å². The maximum atomic E-state index is 12.9. The summed E-state index contributed by atoms with van der Waals surface area (Å²) in [5.41, 5.74) is 10.9. The summed E-state index contributed by atoms with van der Waals surface area (Å²) in [6.07, 6.45) is 0.453. The highest BCUT2D eigenvalue weighted by molar-refractivity contribution is 8.03. The number of nitrogens with zero attached hydrogens (tertiary/aromatic N) is 3. The number of nitrogens with one attached hydrogen (secondary N) is 1. The molecule has 0 aromatic heterocycles. The summed E-state index contributed by atoms with van der Waals surface area (Å²) in [5, 5.41) is 23.0. The van der Waals surface area contributed by atoms with Crippen LogP contribution in [0.4, 0.5) is 0 Å². The fourth-order valence-corrected chi connectivity index (χ4v) is 6.80. The van der Waals surface area contributed by atoms with Crippen LogP contribution in [0.5, 0.6) is 0 Å². The van der Waals surface area contributed by atoms with Crippen molar-refractivity contribution < 1.29 is 24.6 Å². The number of aliphatic hydroxyl groups is 1. The van der Waals surface area contributed by atoms with E-state index in [1.807, 2.05) is 6.92 Å². The highest BCUT2D eigenvalue weighted by Crippen LogP contribution is 2.51. The number of aliphatic hydroxyl groups excluding tert-OH is 1. The Morgan fingerprint density at radius 3 is 2.69 bits per heavy atom. The lowest BCUT2D eigenvalue weighted by Crippen LogP contribution is -2.63. The van der Waals surface area contributed by atoms with Crippen LogP contribution in [0.3, 0.4) is 0 Å². The van der Waals surface area contributed by atoms with Crippen molar-refractivity contribution in [3.63, 3.8) is 0 Å². The first-order valence-electron chi connectivity index (χ1n) is 10.9. The van der Waals surface area contributed by atoms with Gasteiger partial charge in [-0.15, -0.1) is 11.8 Å². The maximum absolute atomic E-state index is 12.9. The van der Waals surface area contributed by atoms with E-state index in [4.69, 9.17) is 11.5 Å². The molecule has 0 saturated carbocycles. The summed E-state index contributed by atoms with van der Waals surface area (Å²) in [5.74, 6) is -2.22. The number of thioether (sulfide) groups is 1. The molecule has 32 heavy (non-hydrogen) atoms. The van der Waals surface area contributed by atoms with Crippen molar-refractivity contribution in [3.8, 4) is 0 Å². The normalized spacial score (nSPS) is 35.0. The average molecular weight is 467 g/mol. The van der Waals surface area contributed by atoms with Gasteiger partial charge in [0.05, 0.1) is 30.1 Å². The quantitative estimate of drug-likeness (QED) is 0.177. The summed E-state index contributed by atoms with van der Waals surface area (Å²) in [6.45, 7) is 5.11. The molecular formula is C20H30N6O5S. The molecule has 4 aliphatic heterocycles. The van der Waals surface area contributed by atoms with Gasteiger partial charge >= 0.3 is 5.97 Å². The van der Waals surface area contributed by atoms with E-state index in [1.54, 1.807) is 11.8 Å². The first-order chi connectivity index (χ1) is 15.1. The van der Waals surface area contributed by atoms with Crippen LogP contribution in [-0.4, -0.2) is 92.9 Å². The van der Waals surface area contributed by atoms with Crippen LogP contribution in [0.2, 0.25) is 0 Å². The number of rotatable bonds is 6. The van der Waals surface area contributed by atoms with Gasteiger partial charge in [-0.2, -0.15) is 0 Å². The highest BCUT2D eigenvalue weighted by Gasteiger charge is 2.60. The lowest BCUT2D eigenvalue weighted by atomic mass is 9.79. The number of amides is 2. The molecule has 11 nitrogen and oxygen atoms in total. The van der Waals surface area contributed by atoms with Crippen molar-refractivity contribution in [2.45, 2.75) is 56.2 Å². The molecule has 3 saturated heterocycles. The van der Waals surface area contributed by atoms with Crippen molar-refractivity contribution >= 4 is 35.5 Å². The van der Waals surface area contributed by atoms with Crippen molar-refractivity contribution in [3.05, 3.63) is 10.6 Å². The Morgan fingerprint density at radius 2 is 2.06 bits per heavy atom. The van der Waals surface area contributed by atoms with Gasteiger partial charge in [-0.05, 0) is 19.8 Å². The highest BCUT2D eigenvalue weighted by atomic mass is 32.2. The van der Waals surface area contributed by atoms with E-state index in [1.165, 1.54) is 16.7 Å². The Bertz CT molecular complexity index is 888. The fourth-order valence-electron chi connectivity index (χ4n) is 5.32. The van der Waals surface area contributed by atoms with E-state index >= 15 is 0 Å². The second kappa shape index (κ2) is 8.56. The Labute approximate surface area is 190 Å². The Hall–Kier alpha value is -2.31. The largest absolute Gasteiger partial charge is 0.477 e. The summed E-state index contributed by atoms with van der Waals surface area (Å²) < 4.78 is 0. The number of likely N-dealkylation sites (tertiary alicyclic amines) is 1. The van der Waals surface area contributed by atoms with Crippen molar-refractivity contribution in [2.75, 3.05) is 19.6 Å². The van der Waals surface area contributed by atoms with E-state index in [0.717, 1.165) is 6.42 Å². The van der Waals surface area contributed by atoms with Gasteiger partial charge in [0.15, 0.2) is 5.96 Å². The third kappa shape index (κ3) is 3.84. The Balaban J connectivity index is 1.41. The van der Waals surface area contributed by atoms with E-state index in [9.17, 15) is 24.6 Å². The lowest BCUT2D eigenvalue weighted by molar-refractivity contribution is -0.163. The number of hydrogen-bond acceptors (Lipinski definition) is 7. The molecule has 0 aromatic rings. The number of carboxylic acids is 1. The van der Waals surface area contributed by atoms with Gasteiger partial charge in [-0.3, -0.25) is 9.59 Å². The maximum Gasteiger partial charge on any atom is 0.353 e. The van der Waals surface area contributed by atoms with Gasteiger partial charge in [0, 0.05) is 35.7 Å². The summed E-state index contributed by atoms with van der Waals surface area (Å²) in [4.78, 5) is 45.2. The van der Waals surface area contributed by atoms with Crippen LogP contribution in [-0.2, 0) is 14.4 Å². The molecule has 0 bridgehead atoms. The standard InChI is InChI=1S/C20H30N6O5S/c1-8-14-13(9(2)27)18(29)26(14)15(19(30)31)16(8)32-11-5-12(23-6-11)17(28)25-4-3-10(7-25)24-20(21)22/h8-14,23,27H,3-7H2,1-2H3,(H,30,31)(H4,21,22,24)/t8-,9-,10-,11+,12+,13-,14-/m1/s1. The number of fused-ring (bicyclic) bond motifs is 1. The molecule has 0 unspecified atom stereocenters. The molecule has 12 heteroatoms. The molecule has 0 aromatic carbocycles. The van der Waals surface area contributed by atoms with E-state index in [2.05, 4.69) is 10.3 Å². The minimum atomic E-state index is -1.14. The van der Waals surface area contributed by atoms with Gasteiger partial charge in [-0.25, -0.2) is 9.79 Å². The van der Waals surface area contributed by atoms with Crippen LogP contribution >= 0.6 is 11.8 Å². The molecule has 0 aliphatic carbocycles. The molecule has 0 radical (unpaired) electrons. The first kappa shape index (κ1) is 22.9. The lowest BCUT2D eigenvalue weighted by Gasteiger charge is -2.46. The number of carbonyl (C=O) groups excluding carboxylic acids is 2. The summed E-state index contributed by atoms with van der Waals surface area (Å²) in [7, 11) is 0. The van der Waals surface area contributed by atoms with Crippen molar-refractivity contribution in [1.82, 2.24) is 15.1 Å². The molecule has 4 rings (SSSR count). The second-order valence-corrected chi connectivity index (χ2v) is 10.3. The molecule has 7 N–H and O–H groups in total. The zero-order valence-electron chi connectivity index (χ0n) is 18.1. The number of β-lactam (4-membered cyclic amide) rings is 1. The first-order valence-corrected chi connectivity index (χ1v) is 11.7. The fraction of sp³-hybridized carbons (Fsp3) is 0.700. The molecule has 3 fully saturated rings. The van der Waals surface area contributed by atoms with E-state index in [-0.39, 0.29) is 52.8 Å². The zero-order valence-corrected chi connectivity index (χ0v) is 18.9. The summed E-state index contributed by atoms with van der Waals surface area (Å²) in [6, 6.07) is -0.762. The second-order valence-electron chi connectivity index (χ2n) is 8.99. The number of nitrogens with two attached hydrogens (primary N) is 2. The SMILES string of the molecule is C[C@@H](O)[C@H]1C(=O)N2C(C(=O)O)=C(S[C@@H]3CN[C@H](C(=O)N4CC[C@@H](N=C(N)N)C4)C3)[C@H](C)[C@H]12. The van der Waals surface area contributed by atoms with Gasteiger partial charge in [-0.1, -0.05) is 6.92 Å². The number of hydrogen-bond donors (Lipinski definition) is 5. The third-order valence-corrected chi connectivity index (χ3v) is 8.31. The number of carboxylic acid groups (broad SMARTS) is 1.